The molecule has 0 spiro atoms. The molecule has 0 fully saturated rings. The summed E-state index contributed by atoms with van der Waals surface area (Å²) in [6, 6.07) is -0.309. The van der Waals surface area contributed by atoms with Crippen molar-refractivity contribution in [3.63, 3.8) is 0 Å². The molecule has 0 saturated carbocycles. The first-order valence-corrected chi connectivity index (χ1v) is 4.66. The zero-order valence-electron chi connectivity index (χ0n) is 7.30. The fourth-order valence-electron chi connectivity index (χ4n) is 0.974. The second-order valence-corrected chi connectivity index (χ2v) is 3.50. The molecule has 0 aliphatic carbocycles. The van der Waals surface area contributed by atoms with Crippen molar-refractivity contribution in [2.45, 2.75) is 6.04 Å². The van der Waals surface area contributed by atoms with Crippen molar-refractivity contribution >= 4 is 17.6 Å². The first-order valence-electron chi connectivity index (χ1n) is 3.78. The summed E-state index contributed by atoms with van der Waals surface area (Å²) < 4.78 is 0. The average molecular weight is 194 g/mol. The van der Waals surface area contributed by atoms with Crippen molar-refractivity contribution in [3.8, 4) is 12.3 Å². The second-order valence-electron chi connectivity index (χ2n) is 2.57. The Morgan fingerprint density at radius 3 is 3.15 bits per heavy atom. The number of rotatable bonds is 4. The van der Waals surface area contributed by atoms with Crippen molar-refractivity contribution in [2.24, 2.45) is 0 Å². The summed E-state index contributed by atoms with van der Waals surface area (Å²) in [4.78, 5) is 16.6. The Bertz CT molecular complexity index is 302. The molecular formula is C9H10N2OS. The fourth-order valence-corrected chi connectivity index (χ4v) is 1.73. The van der Waals surface area contributed by atoms with E-state index in [4.69, 9.17) is 6.42 Å². The van der Waals surface area contributed by atoms with Gasteiger partial charge in [0.15, 0.2) is 0 Å². The first kappa shape index (κ1) is 9.90. The third kappa shape index (κ3) is 2.38. The first-order chi connectivity index (χ1) is 6.29. The number of aromatic nitrogens is 1. The number of thiazole rings is 1. The lowest BCUT2D eigenvalue weighted by Crippen LogP contribution is -2.25. The van der Waals surface area contributed by atoms with E-state index in [1.807, 2.05) is 5.38 Å². The van der Waals surface area contributed by atoms with E-state index in [-0.39, 0.29) is 6.04 Å². The standard InChI is InChI=1S/C9H10N2OS/c1-3-5-11(2)8(7-12)9-10-4-6-13-9/h1,4,6-8H,5H2,2H3. The minimum atomic E-state index is -0.309. The maximum Gasteiger partial charge on any atom is 0.144 e. The highest BCUT2D eigenvalue weighted by Gasteiger charge is 2.17. The van der Waals surface area contributed by atoms with E-state index in [9.17, 15) is 4.79 Å². The minimum absolute atomic E-state index is 0.309. The number of likely N-dealkylation sites (N-methyl/N-ethyl adjacent to an activating group) is 1. The summed E-state index contributed by atoms with van der Waals surface area (Å²) in [6.07, 6.45) is 7.69. The predicted molar refractivity (Wildman–Crippen MR) is 52.4 cm³/mol. The number of hydrogen-bond donors (Lipinski definition) is 0. The topological polar surface area (TPSA) is 33.2 Å². The number of nitrogens with zero attached hydrogens (tertiary/aromatic N) is 2. The van der Waals surface area contributed by atoms with Crippen LogP contribution >= 0.6 is 11.3 Å². The fraction of sp³-hybridized carbons (Fsp3) is 0.333. The lowest BCUT2D eigenvalue weighted by atomic mass is 10.3. The number of hydrogen-bond acceptors (Lipinski definition) is 4. The van der Waals surface area contributed by atoms with Crippen molar-refractivity contribution in [1.82, 2.24) is 9.88 Å². The Hall–Kier alpha value is -1.18. The quantitative estimate of drug-likeness (QED) is 0.528. The Balaban J connectivity index is 2.74. The zero-order valence-corrected chi connectivity index (χ0v) is 8.12. The Labute approximate surface area is 81.4 Å². The molecular weight excluding hydrogens is 184 g/mol. The molecule has 68 valence electrons. The summed E-state index contributed by atoms with van der Waals surface area (Å²) in [5, 5.41) is 2.63. The number of aldehydes is 1. The molecule has 3 nitrogen and oxygen atoms in total. The van der Waals surface area contributed by atoms with Crippen molar-refractivity contribution in [3.05, 3.63) is 16.6 Å². The summed E-state index contributed by atoms with van der Waals surface area (Å²) in [5.41, 5.74) is 0. The molecule has 4 heteroatoms. The maximum atomic E-state index is 10.8. The van der Waals surface area contributed by atoms with Crippen LogP contribution in [-0.4, -0.2) is 29.8 Å². The van der Waals surface area contributed by atoms with Gasteiger partial charge in [-0.2, -0.15) is 0 Å². The van der Waals surface area contributed by atoms with E-state index < -0.39 is 0 Å². The van der Waals surface area contributed by atoms with E-state index in [1.54, 1.807) is 18.1 Å². The summed E-state index contributed by atoms with van der Waals surface area (Å²) >= 11 is 1.46. The van der Waals surface area contributed by atoms with Crippen LogP contribution in [-0.2, 0) is 4.79 Å². The molecule has 0 aliphatic rings. The van der Waals surface area contributed by atoms with E-state index in [0.717, 1.165) is 11.3 Å². The van der Waals surface area contributed by atoms with Crippen molar-refractivity contribution < 1.29 is 4.79 Å². The Morgan fingerprint density at radius 1 is 1.92 bits per heavy atom. The summed E-state index contributed by atoms with van der Waals surface area (Å²) in [5.74, 6) is 2.49. The van der Waals surface area contributed by atoms with E-state index >= 15 is 0 Å². The van der Waals surface area contributed by atoms with Gasteiger partial charge in [-0.25, -0.2) is 4.98 Å². The van der Waals surface area contributed by atoms with Crippen LogP contribution in [0.3, 0.4) is 0 Å². The smallest absolute Gasteiger partial charge is 0.144 e. The van der Waals surface area contributed by atoms with Gasteiger partial charge >= 0.3 is 0 Å². The van der Waals surface area contributed by atoms with Crippen LogP contribution in [0.15, 0.2) is 11.6 Å². The number of terminal acetylenes is 1. The zero-order chi connectivity index (χ0) is 9.68. The van der Waals surface area contributed by atoms with Crippen LogP contribution in [0.25, 0.3) is 0 Å². The SMILES string of the molecule is C#CCN(C)C(C=O)c1nccs1. The average Bonchev–Trinajstić information content (AvgIpc) is 2.59. The molecule has 1 rings (SSSR count). The molecule has 1 unspecified atom stereocenters. The molecule has 0 aromatic carbocycles. The molecule has 1 atom stereocenters. The van der Waals surface area contributed by atoms with Crippen molar-refractivity contribution in [1.29, 1.82) is 0 Å². The maximum absolute atomic E-state index is 10.8. The van der Waals surface area contributed by atoms with Gasteiger partial charge in [0, 0.05) is 11.6 Å². The lowest BCUT2D eigenvalue weighted by molar-refractivity contribution is -0.112. The van der Waals surface area contributed by atoms with Gasteiger partial charge in [0.2, 0.25) is 0 Å². The lowest BCUT2D eigenvalue weighted by Gasteiger charge is -2.18. The highest BCUT2D eigenvalue weighted by molar-refractivity contribution is 7.09. The molecule has 13 heavy (non-hydrogen) atoms. The molecule has 0 aliphatic heterocycles. The van der Waals surface area contributed by atoms with Crippen LogP contribution in [0.2, 0.25) is 0 Å². The molecule has 1 aromatic rings. The Morgan fingerprint density at radius 2 is 2.69 bits per heavy atom. The van der Waals surface area contributed by atoms with Gasteiger partial charge in [-0.15, -0.1) is 17.8 Å². The van der Waals surface area contributed by atoms with Crippen molar-refractivity contribution in [2.75, 3.05) is 13.6 Å². The highest BCUT2D eigenvalue weighted by Crippen LogP contribution is 2.18. The number of carbonyl (C=O) groups is 1. The Kier molecular flexibility index (Phi) is 3.62. The molecule has 0 N–H and O–H groups in total. The third-order valence-corrected chi connectivity index (χ3v) is 2.50. The monoisotopic (exact) mass is 194 g/mol. The van der Waals surface area contributed by atoms with E-state index in [0.29, 0.717) is 6.54 Å². The molecule has 0 bridgehead atoms. The van der Waals surface area contributed by atoms with Crippen LogP contribution in [0.1, 0.15) is 11.0 Å². The highest BCUT2D eigenvalue weighted by atomic mass is 32.1. The van der Waals surface area contributed by atoms with Crippen LogP contribution in [0.4, 0.5) is 0 Å². The molecule has 1 heterocycles. The predicted octanol–water partition coefficient (Wildman–Crippen LogP) is 0.948. The molecule has 0 amide bonds. The number of carbonyl (C=O) groups excluding carboxylic acids is 1. The molecule has 1 aromatic heterocycles. The summed E-state index contributed by atoms with van der Waals surface area (Å²) in [7, 11) is 1.81. The van der Waals surface area contributed by atoms with Crippen LogP contribution < -0.4 is 0 Å². The van der Waals surface area contributed by atoms with Gasteiger partial charge in [0.25, 0.3) is 0 Å². The van der Waals surface area contributed by atoms with Gasteiger partial charge in [0.05, 0.1) is 6.54 Å². The van der Waals surface area contributed by atoms with Gasteiger partial charge in [-0.05, 0) is 7.05 Å². The van der Waals surface area contributed by atoms with Crippen LogP contribution in [0.5, 0.6) is 0 Å². The van der Waals surface area contributed by atoms with Gasteiger partial charge in [-0.1, -0.05) is 5.92 Å². The second kappa shape index (κ2) is 4.75. The largest absolute Gasteiger partial charge is 0.301 e. The molecule has 0 saturated heterocycles. The van der Waals surface area contributed by atoms with Gasteiger partial charge in [-0.3, -0.25) is 4.90 Å². The van der Waals surface area contributed by atoms with Gasteiger partial charge < -0.3 is 4.79 Å². The van der Waals surface area contributed by atoms with E-state index in [1.165, 1.54) is 11.3 Å². The normalized spacial score (nSPS) is 12.4. The minimum Gasteiger partial charge on any atom is -0.301 e. The third-order valence-electron chi connectivity index (χ3n) is 1.65. The van der Waals surface area contributed by atoms with Gasteiger partial charge in [0.1, 0.15) is 17.3 Å². The summed E-state index contributed by atoms with van der Waals surface area (Å²) in [6.45, 7) is 0.447. The van der Waals surface area contributed by atoms with E-state index in [2.05, 4.69) is 10.9 Å². The van der Waals surface area contributed by atoms with Crippen LogP contribution in [0, 0.1) is 12.3 Å². The molecule has 0 radical (unpaired) electrons.